The minimum atomic E-state index is -3.41. The minimum absolute atomic E-state index is 0.0688. The highest BCUT2D eigenvalue weighted by Gasteiger charge is 2.16. The SMILES string of the molecule is CCCC(=O)Nc1ccc(S(=O)(=O)N(C)C)cc1. The van der Waals surface area contributed by atoms with Gasteiger partial charge in [0.2, 0.25) is 15.9 Å². The summed E-state index contributed by atoms with van der Waals surface area (Å²) in [4.78, 5) is 11.6. The highest BCUT2D eigenvalue weighted by atomic mass is 32.2. The topological polar surface area (TPSA) is 66.5 Å². The molecule has 0 aliphatic rings. The van der Waals surface area contributed by atoms with E-state index in [0.29, 0.717) is 12.1 Å². The first-order chi connectivity index (χ1) is 8.37. The van der Waals surface area contributed by atoms with Crippen LogP contribution in [0.5, 0.6) is 0 Å². The number of hydrogen-bond acceptors (Lipinski definition) is 3. The molecular weight excluding hydrogens is 252 g/mol. The molecule has 0 aromatic heterocycles. The van der Waals surface area contributed by atoms with E-state index >= 15 is 0 Å². The Labute approximate surface area is 108 Å². The second-order valence-corrected chi connectivity index (χ2v) is 6.26. The average molecular weight is 270 g/mol. The number of carbonyl (C=O) groups excluding carboxylic acids is 1. The van der Waals surface area contributed by atoms with Gasteiger partial charge in [-0.1, -0.05) is 6.92 Å². The zero-order valence-corrected chi connectivity index (χ0v) is 11.6. The van der Waals surface area contributed by atoms with Crippen molar-refractivity contribution >= 4 is 21.6 Å². The summed E-state index contributed by atoms with van der Waals surface area (Å²) in [6.45, 7) is 1.92. The van der Waals surface area contributed by atoms with Crippen LogP contribution in [0.2, 0.25) is 0 Å². The zero-order chi connectivity index (χ0) is 13.8. The fourth-order valence-corrected chi connectivity index (χ4v) is 2.27. The van der Waals surface area contributed by atoms with Gasteiger partial charge in [0.25, 0.3) is 0 Å². The molecule has 0 saturated heterocycles. The molecule has 1 aromatic carbocycles. The number of nitrogens with one attached hydrogen (secondary N) is 1. The second kappa shape index (κ2) is 5.97. The monoisotopic (exact) mass is 270 g/mol. The fourth-order valence-electron chi connectivity index (χ4n) is 1.37. The van der Waals surface area contributed by atoms with Gasteiger partial charge in [0, 0.05) is 26.2 Å². The van der Waals surface area contributed by atoms with Crippen LogP contribution in [0.3, 0.4) is 0 Å². The molecule has 0 bridgehead atoms. The van der Waals surface area contributed by atoms with E-state index in [2.05, 4.69) is 5.32 Å². The standard InChI is InChI=1S/C12H18N2O3S/c1-4-5-12(15)13-10-6-8-11(9-7-10)18(16,17)14(2)3/h6-9H,4-5H2,1-3H3,(H,13,15). The molecule has 100 valence electrons. The molecule has 0 unspecified atom stereocenters. The number of sulfonamides is 1. The number of anilines is 1. The number of rotatable bonds is 5. The van der Waals surface area contributed by atoms with Crippen molar-refractivity contribution in [2.24, 2.45) is 0 Å². The van der Waals surface area contributed by atoms with Crippen LogP contribution in [-0.2, 0) is 14.8 Å². The number of benzene rings is 1. The molecule has 0 aliphatic carbocycles. The lowest BCUT2D eigenvalue weighted by Gasteiger charge is -2.11. The summed E-state index contributed by atoms with van der Waals surface area (Å²) in [7, 11) is -0.455. The van der Waals surface area contributed by atoms with Crippen molar-refractivity contribution in [1.82, 2.24) is 4.31 Å². The van der Waals surface area contributed by atoms with Crippen molar-refractivity contribution < 1.29 is 13.2 Å². The third-order valence-electron chi connectivity index (χ3n) is 2.39. The minimum Gasteiger partial charge on any atom is -0.326 e. The smallest absolute Gasteiger partial charge is 0.242 e. The van der Waals surface area contributed by atoms with Crippen LogP contribution in [0.25, 0.3) is 0 Å². The Morgan fingerprint density at radius 3 is 2.22 bits per heavy atom. The first-order valence-corrected chi connectivity index (χ1v) is 7.14. The van der Waals surface area contributed by atoms with Gasteiger partial charge in [0.05, 0.1) is 4.90 Å². The predicted octanol–water partition coefficient (Wildman–Crippen LogP) is 1.68. The molecule has 6 heteroatoms. The molecule has 1 rings (SSSR count). The van der Waals surface area contributed by atoms with E-state index in [1.54, 1.807) is 12.1 Å². The van der Waals surface area contributed by atoms with Gasteiger partial charge < -0.3 is 5.32 Å². The number of amides is 1. The predicted molar refractivity (Wildman–Crippen MR) is 70.9 cm³/mol. The highest BCUT2D eigenvalue weighted by molar-refractivity contribution is 7.89. The normalized spacial score (nSPS) is 11.6. The van der Waals surface area contributed by atoms with Crippen molar-refractivity contribution in [3.8, 4) is 0 Å². The summed E-state index contributed by atoms with van der Waals surface area (Å²) in [6, 6.07) is 6.14. The summed E-state index contributed by atoms with van der Waals surface area (Å²) >= 11 is 0. The highest BCUT2D eigenvalue weighted by Crippen LogP contribution is 2.16. The van der Waals surface area contributed by atoms with Crippen LogP contribution in [0.4, 0.5) is 5.69 Å². The number of carbonyl (C=O) groups is 1. The van der Waals surface area contributed by atoms with E-state index in [-0.39, 0.29) is 10.8 Å². The third-order valence-corrected chi connectivity index (χ3v) is 4.22. The maximum atomic E-state index is 11.8. The molecular formula is C12H18N2O3S. The maximum absolute atomic E-state index is 11.8. The van der Waals surface area contributed by atoms with Gasteiger partial charge >= 0.3 is 0 Å². The first-order valence-electron chi connectivity index (χ1n) is 5.70. The van der Waals surface area contributed by atoms with Crippen molar-refractivity contribution in [3.05, 3.63) is 24.3 Å². The molecule has 0 radical (unpaired) electrons. The molecule has 0 heterocycles. The van der Waals surface area contributed by atoms with Crippen LogP contribution in [0.1, 0.15) is 19.8 Å². The molecule has 1 amide bonds. The van der Waals surface area contributed by atoms with Gasteiger partial charge in [-0.3, -0.25) is 4.79 Å². The molecule has 0 atom stereocenters. The maximum Gasteiger partial charge on any atom is 0.242 e. The summed E-state index contributed by atoms with van der Waals surface area (Å²) in [5.41, 5.74) is 0.603. The quantitative estimate of drug-likeness (QED) is 0.885. The Bertz CT molecular complexity index is 507. The molecule has 0 saturated carbocycles. The molecule has 18 heavy (non-hydrogen) atoms. The van der Waals surface area contributed by atoms with E-state index in [0.717, 1.165) is 10.7 Å². The van der Waals surface area contributed by atoms with Gasteiger partial charge in [-0.15, -0.1) is 0 Å². The lowest BCUT2D eigenvalue weighted by molar-refractivity contribution is -0.116. The van der Waals surface area contributed by atoms with Gasteiger partial charge in [-0.2, -0.15) is 0 Å². The van der Waals surface area contributed by atoms with E-state index in [9.17, 15) is 13.2 Å². The second-order valence-electron chi connectivity index (χ2n) is 4.11. The van der Waals surface area contributed by atoms with Gasteiger partial charge in [-0.05, 0) is 30.7 Å². The Morgan fingerprint density at radius 1 is 1.22 bits per heavy atom. The lowest BCUT2D eigenvalue weighted by Crippen LogP contribution is -2.22. The van der Waals surface area contributed by atoms with E-state index in [4.69, 9.17) is 0 Å². The number of nitrogens with zero attached hydrogens (tertiary/aromatic N) is 1. The molecule has 5 nitrogen and oxygen atoms in total. The van der Waals surface area contributed by atoms with Crippen LogP contribution in [0, 0.1) is 0 Å². The van der Waals surface area contributed by atoms with Gasteiger partial charge in [0.15, 0.2) is 0 Å². The van der Waals surface area contributed by atoms with Crippen LogP contribution >= 0.6 is 0 Å². The van der Waals surface area contributed by atoms with Gasteiger partial charge in [0.1, 0.15) is 0 Å². The van der Waals surface area contributed by atoms with Crippen molar-refractivity contribution in [2.75, 3.05) is 19.4 Å². The van der Waals surface area contributed by atoms with Crippen molar-refractivity contribution in [1.29, 1.82) is 0 Å². The van der Waals surface area contributed by atoms with Crippen molar-refractivity contribution in [3.63, 3.8) is 0 Å². The Hall–Kier alpha value is -1.40. The van der Waals surface area contributed by atoms with E-state index in [1.165, 1.54) is 26.2 Å². The summed E-state index contributed by atoms with van der Waals surface area (Å²) in [5, 5.41) is 2.70. The van der Waals surface area contributed by atoms with Crippen molar-refractivity contribution in [2.45, 2.75) is 24.7 Å². The van der Waals surface area contributed by atoms with E-state index in [1.807, 2.05) is 6.92 Å². The lowest BCUT2D eigenvalue weighted by atomic mass is 10.3. The molecule has 1 aromatic rings. The van der Waals surface area contributed by atoms with E-state index < -0.39 is 10.0 Å². The third kappa shape index (κ3) is 3.54. The zero-order valence-electron chi connectivity index (χ0n) is 10.8. The summed E-state index contributed by atoms with van der Waals surface area (Å²) in [6.07, 6.45) is 1.23. The largest absolute Gasteiger partial charge is 0.326 e. The summed E-state index contributed by atoms with van der Waals surface area (Å²) < 4.78 is 24.8. The number of hydrogen-bond donors (Lipinski definition) is 1. The Morgan fingerprint density at radius 2 is 1.78 bits per heavy atom. The average Bonchev–Trinajstić information content (AvgIpc) is 2.29. The Kier molecular flexibility index (Phi) is 4.86. The molecule has 1 N–H and O–H groups in total. The molecule has 0 aliphatic heterocycles. The van der Waals surface area contributed by atoms with Crippen LogP contribution < -0.4 is 5.32 Å². The molecule has 0 fully saturated rings. The summed E-state index contributed by atoms with van der Waals surface area (Å²) in [5.74, 6) is -0.0688. The first kappa shape index (κ1) is 14.7. The molecule has 0 spiro atoms. The van der Waals surface area contributed by atoms with Gasteiger partial charge in [-0.25, -0.2) is 12.7 Å². The fraction of sp³-hybridized carbons (Fsp3) is 0.417. The van der Waals surface area contributed by atoms with Crippen LogP contribution in [-0.4, -0.2) is 32.7 Å². The Balaban J connectivity index is 2.84. The van der Waals surface area contributed by atoms with Crippen LogP contribution in [0.15, 0.2) is 29.2 Å².